The molecule has 160 valence electrons. The van der Waals surface area contributed by atoms with Gasteiger partial charge < -0.3 is 15.8 Å². The summed E-state index contributed by atoms with van der Waals surface area (Å²) >= 11 is 6.22. The van der Waals surface area contributed by atoms with E-state index < -0.39 is 11.9 Å². The van der Waals surface area contributed by atoms with Crippen LogP contribution in [0.15, 0.2) is 48.5 Å². The lowest BCUT2D eigenvalue weighted by atomic mass is 9.52. The molecule has 3 N–H and O–H groups in total. The normalized spacial score (nSPS) is 29.3. The van der Waals surface area contributed by atoms with E-state index in [-0.39, 0.29) is 29.5 Å². The van der Waals surface area contributed by atoms with Crippen molar-refractivity contribution >= 4 is 29.4 Å². The molecule has 1 spiro atoms. The first-order chi connectivity index (χ1) is 14.9. The van der Waals surface area contributed by atoms with Crippen molar-refractivity contribution in [1.82, 2.24) is 10.2 Å². The van der Waals surface area contributed by atoms with Crippen molar-refractivity contribution in [2.75, 3.05) is 0 Å². The van der Waals surface area contributed by atoms with Gasteiger partial charge in [0.1, 0.15) is 11.8 Å². The maximum atomic E-state index is 12.9. The Bertz CT molecular complexity index is 1070. The number of primary amides is 1. The van der Waals surface area contributed by atoms with Gasteiger partial charge in [-0.2, -0.15) is 0 Å². The third kappa shape index (κ3) is 3.33. The number of urea groups is 1. The van der Waals surface area contributed by atoms with Crippen molar-refractivity contribution in [3.05, 3.63) is 64.7 Å². The molecule has 3 aliphatic rings. The first-order valence-electron chi connectivity index (χ1n) is 10.3. The Morgan fingerprint density at radius 3 is 2.45 bits per heavy atom. The number of para-hydroxylation sites is 1. The van der Waals surface area contributed by atoms with Gasteiger partial charge in [-0.25, -0.2) is 4.79 Å². The number of nitrogens with one attached hydrogen (secondary N) is 1. The molecule has 2 aliphatic carbocycles. The predicted molar refractivity (Wildman–Crippen MR) is 114 cm³/mol. The maximum Gasteiger partial charge on any atom is 0.325 e. The monoisotopic (exact) mass is 439 g/mol. The average molecular weight is 440 g/mol. The molecule has 0 bridgehead atoms. The number of ether oxygens (including phenoxy) is 1. The first-order valence-corrected chi connectivity index (χ1v) is 10.7. The molecule has 4 amide bonds. The molecule has 0 radical (unpaired) electrons. The molecule has 7 nitrogen and oxygen atoms in total. The highest BCUT2D eigenvalue weighted by molar-refractivity contribution is 6.31. The first kappa shape index (κ1) is 19.9. The molecule has 31 heavy (non-hydrogen) atoms. The highest BCUT2D eigenvalue weighted by Crippen LogP contribution is 2.58. The average Bonchev–Trinajstić information content (AvgIpc) is 2.97. The summed E-state index contributed by atoms with van der Waals surface area (Å²) in [6, 6.07) is 12.8. The number of nitrogens with zero attached hydrogens (tertiary/aromatic N) is 1. The number of imide groups is 1. The standard InChI is InChI=1S/C23H22ClN3O4/c24-17-7-3-1-5-15(17)19-21(29)27(22(30)26-19)13-9-23(10-13)11-14(12-23)31-18-8-4-2-6-16(18)20(25)28/h1-8,13-14,19H,9-12H2,(H2,25,28)(H,26,30). The largest absolute Gasteiger partial charge is 0.490 e. The van der Waals surface area contributed by atoms with E-state index in [0.29, 0.717) is 21.9 Å². The third-order valence-electron chi connectivity index (χ3n) is 6.66. The number of halogens is 1. The number of hydrogen-bond acceptors (Lipinski definition) is 4. The number of hydrogen-bond donors (Lipinski definition) is 2. The van der Waals surface area contributed by atoms with Gasteiger partial charge in [-0.15, -0.1) is 0 Å². The fourth-order valence-electron chi connectivity index (χ4n) is 5.16. The van der Waals surface area contributed by atoms with Gasteiger partial charge >= 0.3 is 6.03 Å². The fourth-order valence-corrected chi connectivity index (χ4v) is 5.40. The minimum absolute atomic E-state index is 0.000398. The number of carbonyl (C=O) groups excluding carboxylic acids is 3. The minimum atomic E-state index is -0.736. The van der Waals surface area contributed by atoms with Crippen molar-refractivity contribution in [1.29, 1.82) is 0 Å². The van der Waals surface area contributed by atoms with Crippen LogP contribution in [0.4, 0.5) is 4.79 Å². The van der Waals surface area contributed by atoms with Crippen LogP contribution in [0.25, 0.3) is 0 Å². The van der Waals surface area contributed by atoms with E-state index in [2.05, 4.69) is 5.32 Å². The summed E-state index contributed by atoms with van der Waals surface area (Å²) in [5.74, 6) is -0.261. The van der Waals surface area contributed by atoms with Crippen LogP contribution in [0.5, 0.6) is 5.75 Å². The molecule has 3 fully saturated rings. The van der Waals surface area contributed by atoms with Gasteiger partial charge in [-0.3, -0.25) is 14.5 Å². The molecule has 1 atom stereocenters. The lowest BCUT2D eigenvalue weighted by Gasteiger charge is -2.58. The summed E-state index contributed by atoms with van der Waals surface area (Å²) < 4.78 is 5.99. The van der Waals surface area contributed by atoms with Crippen LogP contribution in [0.2, 0.25) is 5.02 Å². The van der Waals surface area contributed by atoms with E-state index in [4.69, 9.17) is 22.1 Å². The van der Waals surface area contributed by atoms with Gasteiger partial charge in [0.2, 0.25) is 0 Å². The predicted octanol–water partition coefficient (Wildman–Crippen LogP) is 3.42. The Morgan fingerprint density at radius 1 is 1.06 bits per heavy atom. The Labute approximate surface area is 184 Å². The van der Waals surface area contributed by atoms with E-state index >= 15 is 0 Å². The van der Waals surface area contributed by atoms with Crippen molar-refractivity contribution in [2.45, 2.75) is 43.9 Å². The van der Waals surface area contributed by atoms with Crippen molar-refractivity contribution in [3.63, 3.8) is 0 Å². The van der Waals surface area contributed by atoms with E-state index in [1.54, 1.807) is 42.5 Å². The van der Waals surface area contributed by atoms with E-state index in [1.807, 2.05) is 6.07 Å². The van der Waals surface area contributed by atoms with Crippen LogP contribution < -0.4 is 15.8 Å². The van der Waals surface area contributed by atoms with Gasteiger partial charge in [0.05, 0.1) is 11.7 Å². The lowest BCUT2D eigenvalue weighted by Crippen LogP contribution is -2.60. The second-order valence-corrected chi connectivity index (χ2v) is 9.09. The number of benzene rings is 2. The zero-order chi connectivity index (χ0) is 21.8. The molecule has 1 aliphatic heterocycles. The van der Waals surface area contributed by atoms with E-state index in [0.717, 1.165) is 25.7 Å². The number of rotatable bonds is 5. The molecule has 1 heterocycles. The third-order valence-corrected chi connectivity index (χ3v) is 7.00. The van der Waals surface area contributed by atoms with Crippen LogP contribution >= 0.6 is 11.6 Å². The Morgan fingerprint density at radius 2 is 1.74 bits per heavy atom. The smallest absolute Gasteiger partial charge is 0.325 e. The van der Waals surface area contributed by atoms with E-state index in [1.165, 1.54) is 4.90 Å². The number of carbonyl (C=O) groups is 3. The summed E-state index contributed by atoms with van der Waals surface area (Å²) in [7, 11) is 0. The zero-order valence-corrected chi connectivity index (χ0v) is 17.5. The molecule has 1 unspecified atom stereocenters. The molecule has 5 rings (SSSR count). The fraction of sp³-hybridized carbons (Fsp3) is 0.348. The van der Waals surface area contributed by atoms with Gasteiger partial charge in [0.15, 0.2) is 0 Å². The highest BCUT2D eigenvalue weighted by Gasteiger charge is 2.58. The van der Waals surface area contributed by atoms with E-state index in [9.17, 15) is 14.4 Å². The van der Waals surface area contributed by atoms with Gasteiger partial charge in [-0.05, 0) is 49.3 Å². The van der Waals surface area contributed by atoms with Crippen molar-refractivity contribution in [2.24, 2.45) is 11.1 Å². The maximum absolute atomic E-state index is 12.9. The highest BCUT2D eigenvalue weighted by atomic mass is 35.5. The molecule has 2 aromatic carbocycles. The molecular formula is C23H22ClN3O4. The lowest BCUT2D eigenvalue weighted by molar-refractivity contribution is -0.140. The van der Waals surface area contributed by atoms with Gasteiger partial charge in [0.25, 0.3) is 11.8 Å². The SMILES string of the molecule is NC(=O)c1ccccc1OC1CC2(C1)CC(N1C(=O)NC(c3ccccc3Cl)C1=O)C2. The zero-order valence-electron chi connectivity index (χ0n) is 16.7. The molecular weight excluding hydrogens is 418 g/mol. The molecule has 8 heteroatoms. The summed E-state index contributed by atoms with van der Waals surface area (Å²) in [4.78, 5) is 38.4. The second-order valence-electron chi connectivity index (χ2n) is 8.68. The van der Waals surface area contributed by atoms with Crippen LogP contribution in [-0.2, 0) is 4.79 Å². The molecule has 2 saturated carbocycles. The quantitative estimate of drug-likeness (QED) is 0.697. The van der Waals surface area contributed by atoms with Gasteiger partial charge in [-0.1, -0.05) is 41.9 Å². The van der Waals surface area contributed by atoms with Gasteiger partial charge in [0, 0.05) is 16.6 Å². The van der Waals surface area contributed by atoms with Crippen LogP contribution in [0.3, 0.4) is 0 Å². The molecule has 0 aromatic heterocycles. The van der Waals surface area contributed by atoms with Crippen LogP contribution in [0, 0.1) is 5.41 Å². The number of amides is 4. The van der Waals surface area contributed by atoms with Crippen LogP contribution in [0.1, 0.15) is 47.6 Å². The Kier molecular flexibility index (Phi) is 4.66. The molecule has 1 saturated heterocycles. The summed E-state index contributed by atoms with van der Waals surface area (Å²) in [6.45, 7) is 0. The minimum Gasteiger partial charge on any atom is -0.490 e. The Balaban J connectivity index is 1.20. The van der Waals surface area contributed by atoms with Crippen molar-refractivity contribution < 1.29 is 19.1 Å². The molecule has 2 aromatic rings. The Hall–Kier alpha value is -3.06. The topological polar surface area (TPSA) is 102 Å². The van der Waals surface area contributed by atoms with Crippen molar-refractivity contribution in [3.8, 4) is 5.75 Å². The summed E-state index contributed by atoms with van der Waals surface area (Å²) in [6.07, 6.45) is 3.18. The second kappa shape index (κ2) is 7.27. The van der Waals surface area contributed by atoms with Crippen LogP contribution in [-0.4, -0.2) is 34.9 Å². The summed E-state index contributed by atoms with van der Waals surface area (Å²) in [5, 5.41) is 3.23. The summed E-state index contributed by atoms with van der Waals surface area (Å²) in [5.41, 5.74) is 6.49. The number of nitrogens with two attached hydrogens (primary N) is 1.